The lowest BCUT2D eigenvalue weighted by atomic mass is 9.84. The smallest absolute Gasteiger partial charge is 0.323 e. The largest absolute Gasteiger partial charge is 0.618 e. The second-order valence-electron chi connectivity index (χ2n) is 9.62. The van der Waals surface area contributed by atoms with Gasteiger partial charge in [0.1, 0.15) is 6.04 Å². The number of carbonyl (C=O) groups excluding carboxylic acids is 3. The highest BCUT2D eigenvalue weighted by Crippen LogP contribution is 2.28. The van der Waals surface area contributed by atoms with Crippen LogP contribution in [-0.4, -0.2) is 55.5 Å². The van der Waals surface area contributed by atoms with Gasteiger partial charge in [0.05, 0.1) is 17.5 Å². The fraction of sp³-hybridized carbons (Fsp3) is 0.520. The summed E-state index contributed by atoms with van der Waals surface area (Å²) in [4.78, 5) is 39.6. The van der Waals surface area contributed by atoms with Crippen molar-refractivity contribution >= 4 is 39.0 Å². The molecular weight excluding hydrogens is 516 g/mol. The number of hydrogen-bond acceptors (Lipinski definition) is 7. The molecule has 4 rings (SSSR count). The first-order valence-electron chi connectivity index (χ1n) is 12.6. The van der Waals surface area contributed by atoms with Crippen LogP contribution in [0.5, 0.6) is 0 Å². The number of Topliss-reactive ketones (excluding diaryl/α,β-unsaturated/α-hetero) is 1. The van der Waals surface area contributed by atoms with E-state index >= 15 is 0 Å². The first-order chi connectivity index (χ1) is 17.8. The Bertz CT molecular complexity index is 1210. The van der Waals surface area contributed by atoms with Gasteiger partial charge in [-0.2, -0.15) is 9.04 Å². The molecule has 2 atom stereocenters. The standard InChI is InChI=1S/C25H32N4O6S2/c30-21-17-28(37(34,35)23-12-4-5-14-29(23)33)13-6-10-19(21)26-24(31)20(16-18-8-2-1-3-9-18)27-25(32)22-11-7-15-36-22/h4-5,7,11-12,14-15,18-20H,1-3,6,8-10,13,16-17H2,(H,26,31)(H,27,32)/t19?,20-/m0/s1. The second kappa shape index (κ2) is 12.1. The highest BCUT2D eigenvalue weighted by Gasteiger charge is 2.37. The Balaban J connectivity index is 1.44. The summed E-state index contributed by atoms with van der Waals surface area (Å²) in [5.74, 6) is -0.915. The fourth-order valence-corrected chi connectivity index (χ4v) is 7.09. The zero-order valence-electron chi connectivity index (χ0n) is 20.5. The molecule has 2 N–H and O–H groups in total. The SMILES string of the molecule is O=C(N[C@@H](CC1CCCCC1)C(=O)NC1CCCN(S(=O)(=O)c2cccc[n+]2[O-])CC1=O)c1cccs1. The average molecular weight is 549 g/mol. The van der Waals surface area contributed by atoms with Crippen LogP contribution in [0, 0.1) is 11.1 Å². The van der Waals surface area contributed by atoms with Gasteiger partial charge in [0.25, 0.3) is 5.91 Å². The van der Waals surface area contributed by atoms with E-state index in [0.717, 1.165) is 36.2 Å². The third kappa shape index (κ3) is 6.74. The fourth-order valence-electron chi connectivity index (χ4n) is 5.00. The molecule has 1 unspecified atom stereocenters. The Hall–Kier alpha value is -2.83. The third-order valence-corrected chi connectivity index (χ3v) is 9.70. The Kier molecular flexibility index (Phi) is 8.93. The Labute approximate surface area is 220 Å². The quantitative estimate of drug-likeness (QED) is 0.382. The van der Waals surface area contributed by atoms with Crippen molar-refractivity contribution < 1.29 is 27.5 Å². The van der Waals surface area contributed by atoms with Crippen molar-refractivity contribution in [1.29, 1.82) is 0 Å². The van der Waals surface area contributed by atoms with E-state index in [9.17, 15) is 28.0 Å². The van der Waals surface area contributed by atoms with E-state index < -0.39 is 45.4 Å². The van der Waals surface area contributed by atoms with Gasteiger partial charge in [-0.05, 0) is 42.7 Å². The average Bonchev–Trinajstić information content (AvgIpc) is 3.36. The molecule has 1 aliphatic heterocycles. The van der Waals surface area contributed by atoms with Gasteiger partial charge in [0.15, 0.2) is 12.0 Å². The van der Waals surface area contributed by atoms with Crippen LogP contribution >= 0.6 is 11.3 Å². The number of thiophene rings is 1. The summed E-state index contributed by atoms with van der Waals surface area (Å²) in [6.45, 7) is -0.396. The van der Waals surface area contributed by atoms with Crippen molar-refractivity contribution in [1.82, 2.24) is 14.9 Å². The van der Waals surface area contributed by atoms with Crippen molar-refractivity contribution in [3.63, 3.8) is 0 Å². The second-order valence-corrected chi connectivity index (χ2v) is 12.4. The summed E-state index contributed by atoms with van der Waals surface area (Å²) in [6.07, 6.45) is 7.50. The maximum Gasteiger partial charge on any atom is 0.323 e. The minimum absolute atomic E-state index is 0.0515. The molecule has 2 aromatic rings. The van der Waals surface area contributed by atoms with Gasteiger partial charge in [-0.25, -0.2) is 8.42 Å². The highest BCUT2D eigenvalue weighted by molar-refractivity contribution is 7.89. The number of aromatic nitrogens is 1. The predicted octanol–water partition coefficient (Wildman–Crippen LogP) is 1.99. The van der Waals surface area contributed by atoms with Gasteiger partial charge in [0.2, 0.25) is 5.91 Å². The number of amides is 2. The van der Waals surface area contributed by atoms with Gasteiger partial charge < -0.3 is 15.8 Å². The van der Waals surface area contributed by atoms with Crippen LogP contribution in [0.3, 0.4) is 0 Å². The van der Waals surface area contributed by atoms with Crippen LogP contribution in [-0.2, 0) is 19.6 Å². The molecule has 0 radical (unpaired) electrons. The topological polar surface area (TPSA) is 140 Å². The van der Waals surface area contributed by atoms with Crippen molar-refractivity contribution in [2.24, 2.45) is 5.92 Å². The zero-order valence-corrected chi connectivity index (χ0v) is 22.1. The van der Waals surface area contributed by atoms with Crippen LogP contribution in [0.15, 0.2) is 46.9 Å². The first kappa shape index (κ1) is 27.2. The maximum atomic E-state index is 13.3. The van der Waals surface area contributed by atoms with E-state index in [-0.39, 0.29) is 23.6 Å². The molecule has 1 aliphatic carbocycles. The van der Waals surface area contributed by atoms with Crippen molar-refractivity contribution in [3.8, 4) is 0 Å². The molecule has 1 saturated heterocycles. The maximum absolute atomic E-state index is 13.3. The van der Waals surface area contributed by atoms with Crippen molar-refractivity contribution in [3.05, 3.63) is 52.0 Å². The molecule has 0 bridgehead atoms. The molecule has 37 heavy (non-hydrogen) atoms. The number of nitrogens with zero attached hydrogens (tertiary/aromatic N) is 2. The monoisotopic (exact) mass is 548 g/mol. The summed E-state index contributed by atoms with van der Waals surface area (Å²) < 4.78 is 27.3. The van der Waals surface area contributed by atoms with Crippen molar-refractivity contribution in [2.75, 3.05) is 13.1 Å². The predicted molar refractivity (Wildman–Crippen MR) is 137 cm³/mol. The molecular formula is C25H32N4O6S2. The normalized spacial score (nSPS) is 20.6. The summed E-state index contributed by atoms with van der Waals surface area (Å²) >= 11 is 1.29. The van der Waals surface area contributed by atoms with E-state index in [1.165, 1.54) is 36.0 Å². The van der Waals surface area contributed by atoms with Crippen LogP contribution in [0.2, 0.25) is 0 Å². The molecule has 2 aliphatic rings. The molecule has 2 amide bonds. The number of carbonyl (C=O) groups is 3. The molecule has 2 aromatic heterocycles. The van der Waals surface area contributed by atoms with E-state index in [2.05, 4.69) is 10.6 Å². The molecule has 12 heteroatoms. The number of hydrogen-bond donors (Lipinski definition) is 2. The minimum atomic E-state index is -4.18. The molecule has 3 heterocycles. The number of nitrogens with one attached hydrogen (secondary N) is 2. The van der Waals surface area contributed by atoms with Gasteiger partial charge in [0, 0.05) is 18.7 Å². The molecule has 200 valence electrons. The number of rotatable bonds is 8. The minimum Gasteiger partial charge on any atom is -0.618 e. The summed E-state index contributed by atoms with van der Waals surface area (Å²) in [6, 6.07) is 5.85. The Morgan fingerprint density at radius 2 is 1.89 bits per heavy atom. The van der Waals surface area contributed by atoms with E-state index in [1.807, 2.05) is 0 Å². The Morgan fingerprint density at radius 3 is 2.59 bits per heavy atom. The number of sulfonamides is 1. The van der Waals surface area contributed by atoms with Crippen LogP contribution in [0.4, 0.5) is 0 Å². The molecule has 10 nitrogen and oxygen atoms in total. The lowest BCUT2D eigenvalue weighted by Gasteiger charge is -2.27. The summed E-state index contributed by atoms with van der Waals surface area (Å²) in [5, 5.41) is 19.0. The first-order valence-corrected chi connectivity index (χ1v) is 14.9. The molecule has 2 fully saturated rings. The van der Waals surface area contributed by atoms with E-state index in [1.54, 1.807) is 17.5 Å². The summed E-state index contributed by atoms with van der Waals surface area (Å²) in [5.41, 5.74) is 0. The van der Waals surface area contributed by atoms with Gasteiger partial charge in [-0.3, -0.25) is 14.4 Å². The Morgan fingerprint density at radius 1 is 1.11 bits per heavy atom. The zero-order chi connectivity index (χ0) is 26.4. The lowest BCUT2D eigenvalue weighted by Crippen LogP contribution is -2.53. The molecule has 0 spiro atoms. The van der Waals surface area contributed by atoms with Crippen LogP contribution in [0.1, 0.15) is 61.0 Å². The molecule has 0 aromatic carbocycles. The van der Waals surface area contributed by atoms with Gasteiger partial charge >= 0.3 is 15.0 Å². The van der Waals surface area contributed by atoms with E-state index in [0.29, 0.717) is 23.6 Å². The summed E-state index contributed by atoms with van der Waals surface area (Å²) in [7, 11) is -4.18. The van der Waals surface area contributed by atoms with Crippen molar-refractivity contribution in [2.45, 2.75) is 68.5 Å². The third-order valence-electron chi connectivity index (χ3n) is 6.99. The highest BCUT2D eigenvalue weighted by atomic mass is 32.2. The van der Waals surface area contributed by atoms with E-state index in [4.69, 9.17) is 0 Å². The number of ketones is 1. The van der Waals surface area contributed by atoms with Gasteiger partial charge in [-0.1, -0.05) is 38.2 Å². The molecule has 1 saturated carbocycles. The van der Waals surface area contributed by atoms with Gasteiger partial charge in [-0.15, -0.1) is 11.3 Å². The van der Waals surface area contributed by atoms with Crippen LogP contribution in [0.25, 0.3) is 0 Å². The van der Waals surface area contributed by atoms with Crippen LogP contribution < -0.4 is 15.4 Å². The lowest BCUT2D eigenvalue weighted by molar-refractivity contribution is -0.646. The number of pyridine rings is 1.